The molecule has 1 aromatic carbocycles. The first-order valence-electron chi connectivity index (χ1n) is 5.48. The van der Waals surface area contributed by atoms with E-state index in [2.05, 4.69) is 26.0 Å². The van der Waals surface area contributed by atoms with E-state index in [0.717, 1.165) is 17.0 Å². The Hall–Kier alpha value is -1.66. The number of halogens is 3. The van der Waals surface area contributed by atoms with Crippen LogP contribution in [0.1, 0.15) is 6.42 Å². The van der Waals surface area contributed by atoms with E-state index in [0.29, 0.717) is 0 Å². The summed E-state index contributed by atoms with van der Waals surface area (Å²) in [7, 11) is 0. The molecule has 0 aliphatic carbocycles. The number of amides is 1. The highest BCUT2D eigenvalue weighted by Gasteiger charge is 2.33. The Morgan fingerprint density at radius 2 is 2.11 bits per heavy atom. The number of rotatable bonds is 3. The van der Waals surface area contributed by atoms with Crippen molar-refractivity contribution in [2.45, 2.75) is 6.42 Å². The Morgan fingerprint density at radius 1 is 1.47 bits per heavy atom. The SMILES string of the molecule is [N-]=[N+]=NCC1CC(=O)N(c2c(F)cc(Br)cc2F)C1. The Bertz CT molecular complexity index is 551. The third-order valence-electron chi connectivity index (χ3n) is 2.86. The Labute approximate surface area is 116 Å². The average Bonchev–Trinajstić information content (AvgIpc) is 2.67. The Morgan fingerprint density at radius 3 is 2.68 bits per heavy atom. The van der Waals surface area contributed by atoms with Crippen molar-refractivity contribution in [1.29, 1.82) is 0 Å². The zero-order chi connectivity index (χ0) is 14.0. The molecule has 0 bridgehead atoms. The number of carbonyl (C=O) groups excluding carboxylic acids is 1. The summed E-state index contributed by atoms with van der Waals surface area (Å²) >= 11 is 2.98. The maximum Gasteiger partial charge on any atom is 0.227 e. The van der Waals surface area contributed by atoms with Crippen molar-refractivity contribution < 1.29 is 13.6 Å². The van der Waals surface area contributed by atoms with Gasteiger partial charge in [0.1, 0.15) is 5.69 Å². The van der Waals surface area contributed by atoms with Gasteiger partial charge in [-0.15, -0.1) is 0 Å². The maximum absolute atomic E-state index is 13.8. The van der Waals surface area contributed by atoms with Gasteiger partial charge < -0.3 is 4.90 Å². The van der Waals surface area contributed by atoms with E-state index in [4.69, 9.17) is 5.53 Å². The number of anilines is 1. The van der Waals surface area contributed by atoms with E-state index in [1.807, 2.05) is 0 Å². The lowest BCUT2D eigenvalue weighted by atomic mass is 10.1. The topological polar surface area (TPSA) is 69.1 Å². The van der Waals surface area contributed by atoms with E-state index in [1.54, 1.807) is 0 Å². The van der Waals surface area contributed by atoms with Crippen molar-refractivity contribution in [2.75, 3.05) is 18.0 Å². The molecule has 19 heavy (non-hydrogen) atoms. The molecule has 2 rings (SSSR count). The molecule has 1 heterocycles. The predicted molar refractivity (Wildman–Crippen MR) is 68.5 cm³/mol. The second kappa shape index (κ2) is 5.54. The van der Waals surface area contributed by atoms with Crippen molar-refractivity contribution in [1.82, 2.24) is 0 Å². The van der Waals surface area contributed by atoms with Gasteiger partial charge in [-0.1, -0.05) is 21.0 Å². The lowest BCUT2D eigenvalue weighted by Crippen LogP contribution is -2.27. The molecule has 1 amide bonds. The second-order valence-corrected chi connectivity index (χ2v) is 5.12. The molecule has 0 N–H and O–H groups in total. The van der Waals surface area contributed by atoms with Crippen LogP contribution in [0.2, 0.25) is 0 Å². The maximum atomic E-state index is 13.8. The summed E-state index contributed by atoms with van der Waals surface area (Å²) in [6.45, 7) is 0.284. The summed E-state index contributed by atoms with van der Waals surface area (Å²) in [5, 5.41) is 3.38. The molecule has 1 aliphatic heterocycles. The Kier molecular flexibility index (Phi) is 4.01. The number of hydrogen-bond acceptors (Lipinski definition) is 2. The lowest BCUT2D eigenvalue weighted by molar-refractivity contribution is -0.117. The number of nitrogens with zero attached hydrogens (tertiary/aromatic N) is 4. The molecular formula is C11H9BrF2N4O. The molecule has 1 aromatic rings. The highest BCUT2D eigenvalue weighted by atomic mass is 79.9. The van der Waals surface area contributed by atoms with Crippen LogP contribution in [0.25, 0.3) is 10.4 Å². The van der Waals surface area contributed by atoms with E-state index >= 15 is 0 Å². The smallest absolute Gasteiger partial charge is 0.227 e. The summed E-state index contributed by atoms with van der Waals surface area (Å²) in [5.74, 6) is -2.20. The van der Waals surface area contributed by atoms with E-state index < -0.39 is 11.6 Å². The number of azide groups is 1. The van der Waals surface area contributed by atoms with Gasteiger partial charge in [-0.05, 0) is 23.6 Å². The van der Waals surface area contributed by atoms with Crippen molar-refractivity contribution in [3.63, 3.8) is 0 Å². The molecule has 1 fully saturated rings. The van der Waals surface area contributed by atoms with E-state index in [1.165, 1.54) is 0 Å². The van der Waals surface area contributed by atoms with Crippen LogP contribution >= 0.6 is 15.9 Å². The van der Waals surface area contributed by atoms with Gasteiger partial charge in [-0.2, -0.15) is 0 Å². The predicted octanol–water partition coefficient (Wildman–Crippen LogP) is 3.39. The minimum absolute atomic E-state index is 0.119. The normalized spacial score (nSPS) is 18.6. The molecule has 1 atom stereocenters. The number of carbonyl (C=O) groups is 1. The number of hydrogen-bond donors (Lipinski definition) is 0. The lowest BCUT2D eigenvalue weighted by Gasteiger charge is -2.18. The Balaban J connectivity index is 2.28. The van der Waals surface area contributed by atoms with Crippen molar-refractivity contribution in [3.05, 3.63) is 38.7 Å². The molecular weight excluding hydrogens is 322 g/mol. The van der Waals surface area contributed by atoms with Gasteiger partial charge in [0.25, 0.3) is 0 Å². The molecule has 5 nitrogen and oxygen atoms in total. The van der Waals surface area contributed by atoms with Gasteiger partial charge in [0, 0.05) is 28.9 Å². The van der Waals surface area contributed by atoms with Crippen LogP contribution in [-0.4, -0.2) is 19.0 Å². The van der Waals surface area contributed by atoms with Gasteiger partial charge in [0.05, 0.1) is 0 Å². The van der Waals surface area contributed by atoms with Gasteiger partial charge in [0.15, 0.2) is 11.6 Å². The summed E-state index contributed by atoms with van der Waals surface area (Å²) in [5.41, 5.74) is 7.88. The standard InChI is InChI=1S/C11H9BrF2N4O/c12-7-2-8(13)11(9(14)3-7)18-5-6(1-10(18)19)4-16-17-15/h2-3,6H,1,4-5H2. The third kappa shape index (κ3) is 2.85. The van der Waals surface area contributed by atoms with Gasteiger partial charge in [0.2, 0.25) is 5.91 Å². The molecule has 8 heteroatoms. The van der Waals surface area contributed by atoms with Crippen LogP contribution in [0.15, 0.2) is 21.7 Å². The monoisotopic (exact) mass is 330 g/mol. The minimum atomic E-state index is -0.801. The zero-order valence-electron chi connectivity index (χ0n) is 9.68. The molecule has 0 radical (unpaired) electrons. The average molecular weight is 331 g/mol. The summed E-state index contributed by atoms with van der Waals surface area (Å²) in [6.07, 6.45) is 0.119. The van der Waals surface area contributed by atoms with Crippen LogP contribution < -0.4 is 4.90 Å². The van der Waals surface area contributed by atoms with Crippen LogP contribution in [0, 0.1) is 17.6 Å². The number of benzene rings is 1. The highest BCUT2D eigenvalue weighted by Crippen LogP contribution is 2.32. The molecule has 100 valence electrons. The summed E-state index contributed by atoms with van der Waals surface area (Å²) in [4.78, 5) is 15.5. The largest absolute Gasteiger partial charge is 0.307 e. The molecule has 0 aromatic heterocycles. The van der Waals surface area contributed by atoms with Crippen molar-refractivity contribution >= 4 is 27.5 Å². The second-order valence-electron chi connectivity index (χ2n) is 4.21. The first-order valence-corrected chi connectivity index (χ1v) is 6.28. The summed E-state index contributed by atoms with van der Waals surface area (Å²) in [6, 6.07) is 2.21. The van der Waals surface area contributed by atoms with Crippen molar-refractivity contribution in [3.8, 4) is 0 Å². The zero-order valence-corrected chi connectivity index (χ0v) is 11.3. The minimum Gasteiger partial charge on any atom is -0.307 e. The van der Waals surface area contributed by atoms with Crippen LogP contribution in [0.3, 0.4) is 0 Å². The van der Waals surface area contributed by atoms with E-state index in [9.17, 15) is 13.6 Å². The fourth-order valence-corrected chi connectivity index (χ4v) is 2.47. The molecule has 0 spiro atoms. The molecule has 1 unspecified atom stereocenters. The van der Waals surface area contributed by atoms with Gasteiger partial charge in [-0.25, -0.2) is 8.78 Å². The molecule has 1 saturated heterocycles. The van der Waals surface area contributed by atoms with Gasteiger partial charge >= 0.3 is 0 Å². The molecule has 1 aliphatic rings. The quantitative estimate of drug-likeness (QED) is 0.475. The van der Waals surface area contributed by atoms with Crippen molar-refractivity contribution in [2.24, 2.45) is 11.0 Å². The first-order chi connectivity index (χ1) is 9.02. The summed E-state index contributed by atoms with van der Waals surface area (Å²) < 4.78 is 27.8. The third-order valence-corrected chi connectivity index (χ3v) is 3.32. The van der Waals surface area contributed by atoms with Crippen LogP contribution in [0.4, 0.5) is 14.5 Å². The fraction of sp³-hybridized carbons (Fsp3) is 0.364. The molecule has 0 saturated carbocycles. The van der Waals surface area contributed by atoms with Crippen LogP contribution in [-0.2, 0) is 4.79 Å². The fourth-order valence-electron chi connectivity index (χ4n) is 2.06. The first kappa shape index (κ1) is 13.8. The van der Waals surface area contributed by atoms with Gasteiger partial charge in [-0.3, -0.25) is 4.79 Å². The highest BCUT2D eigenvalue weighted by molar-refractivity contribution is 9.10. The van der Waals surface area contributed by atoms with Crippen LogP contribution in [0.5, 0.6) is 0 Å². The van der Waals surface area contributed by atoms with E-state index in [-0.39, 0.29) is 41.5 Å².